The molecular weight excluding hydrogens is 371 g/mol. The highest BCUT2D eigenvalue weighted by Crippen LogP contribution is 2.42. The van der Waals surface area contributed by atoms with Crippen molar-refractivity contribution < 1.29 is 9.50 Å². The Labute approximate surface area is 136 Å². The van der Waals surface area contributed by atoms with Gasteiger partial charge in [-0.3, -0.25) is 4.79 Å². The van der Waals surface area contributed by atoms with Gasteiger partial charge in [0.05, 0.1) is 5.39 Å². The van der Waals surface area contributed by atoms with Crippen LogP contribution in [0.2, 0.25) is 0 Å². The number of hydrogen-bond acceptors (Lipinski definition) is 4. The number of aromatic hydroxyl groups is 1. The van der Waals surface area contributed by atoms with E-state index in [-0.39, 0.29) is 21.3 Å². The average molecular weight is 379 g/mol. The van der Waals surface area contributed by atoms with Crippen molar-refractivity contribution in [2.75, 3.05) is 0 Å². The quantitative estimate of drug-likeness (QED) is 0.701. The largest absolute Gasteiger partial charge is 0.506 e. The average Bonchev–Trinajstić information content (AvgIpc) is 2.84. The number of fused-ring (bicyclic) bond motifs is 1. The van der Waals surface area contributed by atoms with Gasteiger partial charge in [-0.1, -0.05) is 39.4 Å². The maximum Gasteiger partial charge on any atom is 0.273 e. The predicted octanol–water partition coefficient (Wildman–Crippen LogP) is 3.75. The summed E-state index contributed by atoms with van der Waals surface area (Å²) in [5.41, 5.74) is -0.274. The van der Waals surface area contributed by atoms with E-state index in [1.807, 2.05) is 0 Å². The van der Waals surface area contributed by atoms with Crippen LogP contribution in [0, 0.1) is 16.5 Å². The van der Waals surface area contributed by atoms with Gasteiger partial charge < -0.3 is 9.67 Å². The molecule has 3 rings (SSSR count). The summed E-state index contributed by atoms with van der Waals surface area (Å²) >= 11 is 4.07. The van der Waals surface area contributed by atoms with E-state index >= 15 is 0 Å². The van der Waals surface area contributed by atoms with Crippen molar-refractivity contribution in [3.05, 3.63) is 49.8 Å². The molecule has 110 valence electrons. The summed E-state index contributed by atoms with van der Waals surface area (Å²) in [5.74, 6) is -0.473. The van der Waals surface area contributed by atoms with Gasteiger partial charge in [0.2, 0.25) is 0 Å². The van der Waals surface area contributed by atoms with E-state index in [0.717, 1.165) is 15.8 Å². The minimum atomic E-state index is -0.642. The zero-order valence-electron chi connectivity index (χ0n) is 11.2. The lowest BCUT2D eigenvalue weighted by atomic mass is 10.0. The van der Waals surface area contributed by atoms with Gasteiger partial charge in [-0.2, -0.15) is 9.65 Å². The Morgan fingerprint density at radius 1 is 1.36 bits per heavy atom. The highest BCUT2D eigenvalue weighted by Gasteiger charge is 2.23. The number of benzene rings is 1. The number of thiophene rings is 1. The lowest BCUT2D eigenvalue weighted by Crippen LogP contribution is -2.19. The molecule has 0 unspecified atom stereocenters. The summed E-state index contributed by atoms with van der Waals surface area (Å²) in [5, 5.41) is 19.0. The molecule has 0 amide bonds. The Hall–Kier alpha value is -2.17. The molecule has 7 heteroatoms. The summed E-state index contributed by atoms with van der Waals surface area (Å²) in [6.45, 7) is 0. The Balaban J connectivity index is 2.49. The fraction of sp³-hybridized carbons (Fsp3) is 0.0667. The van der Waals surface area contributed by atoms with Gasteiger partial charge >= 0.3 is 0 Å². The molecule has 1 aromatic carbocycles. The third-order valence-corrected chi connectivity index (χ3v) is 4.97. The van der Waals surface area contributed by atoms with Crippen LogP contribution in [-0.2, 0) is 7.05 Å². The molecule has 0 bridgehead atoms. The van der Waals surface area contributed by atoms with Crippen molar-refractivity contribution in [1.29, 1.82) is 5.26 Å². The maximum absolute atomic E-state index is 14.4. The number of pyridine rings is 1. The van der Waals surface area contributed by atoms with Crippen LogP contribution in [-0.4, -0.2) is 9.67 Å². The molecule has 22 heavy (non-hydrogen) atoms. The van der Waals surface area contributed by atoms with Crippen LogP contribution in [0.15, 0.2) is 33.5 Å². The van der Waals surface area contributed by atoms with Gasteiger partial charge in [-0.15, -0.1) is 0 Å². The van der Waals surface area contributed by atoms with E-state index < -0.39 is 16.4 Å². The molecule has 4 nitrogen and oxygen atoms in total. The van der Waals surface area contributed by atoms with Gasteiger partial charge in [0.15, 0.2) is 10.7 Å². The van der Waals surface area contributed by atoms with Gasteiger partial charge in [-0.05, 0) is 17.7 Å². The second-order valence-corrected chi connectivity index (χ2v) is 6.50. The number of aromatic nitrogens is 1. The Bertz CT molecular complexity index is 1000. The van der Waals surface area contributed by atoms with E-state index in [0.29, 0.717) is 5.56 Å². The number of hydrogen-bond donors (Lipinski definition) is 1. The third-order valence-electron chi connectivity index (χ3n) is 3.39. The van der Waals surface area contributed by atoms with Crippen LogP contribution in [0.3, 0.4) is 0 Å². The van der Waals surface area contributed by atoms with Gasteiger partial charge in [0.1, 0.15) is 16.6 Å². The molecule has 2 heterocycles. The summed E-state index contributed by atoms with van der Waals surface area (Å²) in [4.78, 5) is 12.3. The fourth-order valence-corrected chi connectivity index (χ4v) is 3.59. The first-order valence-electron chi connectivity index (χ1n) is 6.15. The smallest absolute Gasteiger partial charge is 0.273 e. The monoisotopic (exact) mass is 378 g/mol. The molecular formula is C15H8BrFN2O2S. The zero-order chi connectivity index (χ0) is 16.0. The standard InChI is InChI=1S/C15H8BrFN2O2S/c1-19-14(21)9(6-18)12(20)11-10(13(17)22-15(11)19)7-2-4-8(16)5-3-7/h2-5,20H,1H3. The zero-order valence-corrected chi connectivity index (χ0v) is 13.6. The van der Waals surface area contributed by atoms with Crippen molar-refractivity contribution in [1.82, 2.24) is 4.57 Å². The lowest BCUT2D eigenvalue weighted by Gasteiger charge is -2.06. The molecule has 3 aromatic rings. The SMILES string of the molecule is Cn1c(=O)c(C#N)c(O)c2c(-c3ccc(Br)cc3)c(F)sc21. The van der Waals surface area contributed by atoms with Crippen molar-refractivity contribution in [3.8, 4) is 22.9 Å². The Morgan fingerprint density at radius 3 is 2.59 bits per heavy atom. The predicted molar refractivity (Wildman–Crippen MR) is 86.5 cm³/mol. The molecule has 1 N–H and O–H groups in total. The highest BCUT2D eigenvalue weighted by molar-refractivity contribution is 9.10. The molecule has 0 saturated heterocycles. The second-order valence-electron chi connectivity index (χ2n) is 4.64. The van der Waals surface area contributed by atoms with Crippen molar-refractivity contribution in [2.24, 2.45) is 7.05 Å². The van der Waals surface area contributed by atoms with Crippen molar-refractivity contribution in [2.45, 2.75) is 0 Å². The van der Waals surface area contributed by atoms with Crippen LogP contribution in [0.4, 0.5) is 4.39 Å². The molecule has 0 spiro atoms. The minimum absolute atomic E-state index is 0.184. The molecule has 0 saturated carbocycles. The van der Waals surface area contributed by atoms with Crippen LogP contribution < -0.4 is 5.56 Å². The summed E-state index contributed by atoms with van der Waals surface area (Å²) in [7, 11) is 1.45. The van der Waals surface area contributed by atoms with Crippen LogP contribution in [0.1, 0.15) is 5.56 Å². The first kappa shape index (κ1) is 14.8. The first-order chi connectivity index (χ1) is 10.5. The van der Waals surface area contributed by atoms with Crippen LogP contribution in [0.25, 0.3) is 21.3 Å². The van der Waals surface area contributed by atoms with E-state index in [1.165, 1.54) is 11.6 Å². The van der Waals surface area contributed by atoms with Gasteiger partial charge in [0.25, 0.3) is 5.56 Å². The maximum atomic E-state index is 14.4. The fourth-order valence-electron chi connectivity index (χ4n) is 2.31. The van der Waals surface area contributed by atoms with Crippen LogP contribution >= 0.6 is 27.3 Å². The Morgan fingerprint density at radius 2 is 2.00 bits per heavy atom. The lowest BCUT2D eigenvalue weighted by molar-refractivity contribution is 0.477. The topological polar surface area (TPSA) is 66.0 Å². The number of aryl methyl sites for hydroxylation is 1. The molecule has 0 radical (unpaired) electrons. The number of rotatable bonds is 1. The van der Waals surface area contributed by atoms with E-state index in [1.54, 1.807) is 30.3 Å². The first-order valence-corrected chi connectivity index (χ1v) is 7.76. The molecule has 2 aromatic heterocycles. The van der Waals surface area contributed by atoms with E-state index in [2.05, 4.69) is 15.9 Å². The molecule has 0 aliphatic carbocycles. The molecule has 0 atom stereocenters. The molecule has 0 fully saturated rings. The molecule has 0 aliphatic rings. The molecule has 0 aliphatic heterocycles. The van der Waals surface area contributed by atoms with E-state index in [9.17, 15) is 14.3 Å². The van der Waals surface area contributed by atoms with E-state index in [4.69, 9.17) is 5.26 Å². The second kappa shape index (κ2) is 5.23. The highest BCUT2D eigenvalue weighted by atomic mass is 79.9. The third kappa shape index (κ3) is 2.03. The number of nitriles is 1. The number of nitrogens with zero attached hydrogens (tertiary/aromatic N) is 2. The minimum Gasteiger partial charge on any atom is -0.506 e. The normalized spacial score (nSPS) is 10.8. The summed E-state index contributed by atoms with van der Waals surface area (Å²) in [6.07, 6.45) is 0. The van der Waals surface area contributed by atoms with Gasteiger partial charge in [-0.25, -0.2) is 0 Å². The van der Waals surface area contributed by atoms with Crippen molar-refractivity contribution >= 4 is 37.5 Å². The number of halogens is 2. The summed E-state index contributed by atoms with van der Waals surface area (Å²) < 4.78 is 16.4. The summed E-state index contributed by atoms with van der Waals surface area (Å²) in [6, 6.07) is 8.59. The Kier molecular flexibility index (Phi) is 3.51. The van der Waals surface area contributed by atoms with Crippen molar-refractivity contribution in [3.63, 3.8) is 0 Å². The van der Waals surface area contributed by atoms with Gasteiger partial charge in [0, 0.05) is 17.1 Å². The van der Waals surface area contributed by atoms with Crippen LogP contribution in [0.5, 0.6) is 5.75 Å².